The summed E-state index contributed by atoms with van der Waals surface area (Å²) in [4.78, 5) is 20.6. The van der Waals surface area contributed by atoms with E-state index in [-0.39, 0.29) is 33.4 Å². The molecule has 10 heteroatoms. The Morgan fingerprint density at radius 2 is 1.69 bits per heavy atom. The van der Waals surface area contributed by atoms with Crippen molar-refractivity contribution in [2.45, 2.75) is 16.8 Å². The zero-order chi connectivity index (χ0) is 24.6. The number of oxazole rings is 1. The molecule has 1 amide bonds. The van der Waals surface area contributed by atoms with Crippen LogP contribution in [-0.4, -0.2) is 50.4 Å². The summed E-state index contributed by atoms with van der Waals surface area (Å²) in [5.74, 6) is -0.265. The number of carbonyl (C=O) groups excluding carboxylic acids is 1. The normalized spacial score (nSPS) is 14.3. The molecule has 0 N–H and O–H groups in total. The number of benzene rings is 2. The van der Waals surface area contributed by atoms with Crippen molar-refractivity contribution in [2.24, 2.45) is 0 Å². The Labute approximate surface area is 201 Å². The molecular formula is C25H22FN3O5S. The minimum Gasteiger partial charge on any atom is -0.459 e. The van der Waals surface area contributed by atoms with Gasteiger partial charge in [-0.3, -0.25) is 4.79 Å². The summed E-state index contributed by atoms with van der Waals surface area (Å²) in [5.41, 5.74) is 1.53. The van der Waals surface area contributed by atoms with E-state index < -0.39 is 15.7 Å². The van der Waals surface area contributed by atoms with E-state index in [0.29, 0.717) is 31.7 Å². The highest BCUT2D eigenvalue weighted by Crippen LogP contribution is 2.35. The number of amides is 1. The third kappa shape index (κ3) is 4.32. The predicted octanol–water partition coefficient (Wildman–Crippen LogP) is 4.18. The third-order valence-electron chi connectivity index (χ3n) is 5.92. The SMILES string of the molecule is Cc1ccccc1C(=O)N1CCN(c2oc(-c3ccco3)nc2S(=O)(=O)c2ccc(F)cc2)CC1. The number of aromatic nitrogens is 1. The van der Waals surface area contributed by atoms with Crippen molar-refractivity contribution in [3.63, 3.8) is 0 Å². The molecule has 0 atom stereocenters. The Hall–Kier alpha value is -3.92. The van der Waals surface area contributed by atoms with Gasteiger partial charge in [0.25, 0.3) is 11.8 Å². The highest BCUT2D eigenvalue weighted by molar-refractivity contribution is 7.91. The molecule has 1 saturated heterocycles. The lowest BCUT2D eigenvalue weighted by molar-refractivity contribution is 0.0744. The average molecular weight is 496 g/mol. The van der Waals surface area contributed by atoms with Crippen LogP contribution in [0.1, 0.15) is 15.9 Å². The van der Waals surface area contributed by atoms with Crippen molar-refractivity contribution in [2.75, 3.05) is 31.1 Å². The first-order valence-corrected chi connectivity index (χ1v) is 12.5. The van der Waals surface area contributed by atoms with Gasteiger partial charge < -0.3 is 18.6 Å². The van der Waals surface area contributed by atoms with Gasteiger partial charge in [0, 0.05) is 31.7 Å². The molecule has 0 radical (unpaired) electrons. The molecule has 2 aromatic heterocycles. The van der Waals surface area contributed by atoms with E-state index in [9.17, 15) is 17.6 Å². The first kappa shape index (κ1) is 22.9. The minimum absolute atomic E-state index is 0.0177. The highest BCUT2D eigenvalue weighted by Gasteiger charge is 2.34. The molecule has 0 unspecified atom stereocenters. The molecule has 2 aromatic carbocycles. The number of halogens is 1. The first-order chi connectivity index (χ1) is 16.8. The van der Waals surface area contributed by atoms with Gasteiger partial charge >= 0.3 is 0 Å². The molecular weight excluding hydrogens is 473 g/mol. The number of anilines is 1. The van der Waals surface area contributed by atoms with Gasteiger partial charge in [0.1, 0.15) is 5.82 Å². The Morgan fingerprint density at radius 1 is 0.971 bits per heavy atom. The van der Waals surface area contributed by atoms with Crippen LogP contribution in [0.5, 0.6) is 0 Å². The maximum Gasteiger partial charge on any atom is 0.266 e. The molecule has 1 aliphatic heterocycles. The fraction of sp³-hybridized carbons (Fsp3) is 0.200. The lowest BCUT2D eigenvalue weighted by Gasteiger charge is -2.35. The summed E-state index contributed by atoms with van der Waals surface area (Å²) < 4.78 is 51.5. The topological polar surface area (TPSA) is 96.9 Å². The molecule has 1 fully saturated rings. The monoisotopic (exact) mass is 495 g/mol. The van der Waals surface area contributed by atoms with Crippen molar-refractivity contribution in [3.8, 4) is 11.7 Å². The van der Waals surface area contributed by atoms with Crippen molar-refractivity contribution < 1.29 is 26.4 Å². The molecule has 3 heterocycles. The molecule has 35 heavy (non-hydrogen) atoms. The van der Waals surface area contributed by atoms with Crippen LogP contribution in [0.3, 0.4) is 0 Å². The average Bonchev–Trinajstić information content (AvgIpc) is 3.55. The van der Waals surface area contributed by atoms with Crippen LogP contribution in [0, 0.1) is 12.7 Å². The van der Waals surface area contributed by atoms with Crippen LogP contribution in [0.4, 0.5) is 10.3 Å². The molecule has 4 aromatic rings. The standard InChI is InChI=1S/C25H22FN3O5S/c1-17-5-2-3-6-20(17)24(30)28-12-14-29(15-13-28)25-23(27-22(34-25)21-7-4-16-33-21)35(31,32)19-10-8-18(26)9-11-19/h2-11,16H,12-15H2,1H3. The second-order valence-corrected chi connectivity index (χ2v) is 10.0. The van der Waals surface area contributed by atoms with Gasteiger partial charge in [-0.05, 0) is 55.0 Å². The fourth-order valence-electron chi connectivity index (χ4n) is 4.00. The summed E-state index contributed by atoms with van der Waals surface area (Å²) in [7, 11) is -4.12. The number of hydrogen-bond donors (Lipinski definition) is 0. The van der Waals surface area contributed by atoms with E-state index in [1.54, 1.807) is 28.0 Å². The van der Waals surface area contributed by atoms with Crippen LogP contribution in [0.15, 0.2) is 85.7 Å². The van der Waals surface area contributed by atoms with Crippen LogP contribution >= 0.6 is 0 Å². The van der Waals surface area contributed by atoms with Crippen LogP contribution < -0.4 is 4.90 Å². The summed E-state index contributed by atoms with van der Waals surface area (Å²) in [6, 6.07) is 15.2. The van der Waals surface area contributed by atoms with Gasteiger partial charge in [-0.2, -0.15) is 4.98 Å². The van der Waals surface area contributed by atoms with Gasteiger partial charge in [-0.25, -0.2) is 12.8 Å². The van der Waals surface area contributed by atoms with E-state index >= 15 is 0 Å². The highest BCUT2D eigenvalue weighted by atomic mass is 32.2. The van der Waals surface area contributed by atoms with Crippen LogP contribution in [0.25, 0.3) is 11.7 Å². The number of rotatable bonds is 5. The van der Waals surface area contributed by atoms with Gasteiger partial charge in [-0.15, -0.1) is 0 Å². The van der Waals surface area contributed by atoms with Gasteiger partial charge in [0.05, 0.1) is 11.2 Å². The maximum absolute atomic E-state index is 13.4. The zero-order valence-electron chi connectivity index (χ0n) is 18.8. The van der Waals surface area contributed by atoms with Crippen molar-refractivity contribution in [1.82, 2.24) is 9.88 Å². The minimum atomic E-state index is -4.12. The summed E-state index contributed by atoms with van der Waals surface area (Å²) in [6.07, 6.45) is 1.43. The first-order valence-electron chi connectivity index (χ1n) is 11.0. The number of nitrogens with zero attached hydrogens (tertiary/aromatic N) is 3. The van der Waals surface area contributed by atoms with Gasteiger partial charge in [-0.1, -0.05) is 18.2 Å². The van der Waals surface area contributed by atoms with Crippen molar-refractivity contribution >= 4 is 21.6 Å². The molecule has 0 spiro atoms. The number of aryl methyl sites for hydroxylation is 1. The van der Waals surface area contributed by atoms with Crippen molar-refractivity contribution in [3.05, 3.63) is 83.9 Å². The van der Waals surface area contributed by atoms with E-state index in [4.69, 9.17) is 8.83 Å². The largest absolute Gasteiger partial charge is 0.459 e. The Morgan fingerprint density at radius 3 is 2.34 bits per heavy atom. The summed E-state index contributed by atoms with van der Waals surface area (Å²) >= 11 is 0. The quantitative estimate of drug-likeness (QED) is 0.383. The number of hydrogen-bond acceptors (Lipinski definition) is 7. The molecule has 180 valence electrons. The van der Waals surface area contributed by atoms with Crippen LogP contribution in [0.2, 0.25) is 0 Å². The smallest absolute Gasteiger partial charge is 0.266 e. The predicted molar refractivity (Wildman–Crippen MR) is 125 cm³/mol. The Bertz CT molecular complexity index is 1460. The van der Waals surface area contributed by atoms with Crippen molar-refractivity contribution in [1.29, 1.82) is 0 Å². The number of furan rings is 1. The molecule has 0 aliphatic carbocycles. The second kappa shape index (κ2) is 9.03. The Balaban J connectivity index is 1.45. The van der Waals surface area contributed by atoms with E-state index in [1.807, 2.05) is 25.1 Å². The second-order valence-electron chi connectivity index (χ2n) is 8.16. The molecule has 5 rings (SSSR count). The third-order valence-corrected chi connectivity index (χ3v) is 7.59. The van der Waals surface area contributed by atoms with E-state index in [2.05, 4.69) is 4.98 Å². The maximum atomic E-state index is 13.4. The summed E-state index contributed by atoms with van der Waals surface area (Å²) in [6.45, 7) is 3.33. The Kier molecular flexibility index (Phi) is 5.89. The number of carbonyl (C=O) groups is 1. The van der Waals surface area contributed by atoms with Gasteiger partial charge in [0.15, 0.2) is 5.76 Å². The number of sulfone groups is 1. The number of piperazine rings is 1. The van der Waals surface area contributed by atoms with E-state index in [1.165, 1.54) is 18.4 Å². The zero-order valence-corrected chi connectivity index (χ0v) is 19.7. The molecule has 1 aliphatic rings. The van der Waals surface area contributed by atoms with Crippen LogP contribution in [-0.2, 0) is 9.84 Å². The lowest BCUT2D eigenvalue weighted by Crippen LogP contribution is -2.49. The fourth-order valence-corrected chi connectivity index (χ4v) is 5.32. The molecule has 8 nitrogen and oxygen atoms in total. The molecule has 0 saturated carbocycles. The van der Waals surface area contributed by atoms with Gasteiger partial charge in [0.2, 0.25) is 20.7 Å². The van der Waals surface area contributed by atoms with E-state index in [0.717, 1.165) is 17.7 Å². The lowest BCUT2D eigenvalue weighted by atomic mass is 10.1. The molecule has 0 bridgehead atoms. The summed E-state index contributed by atoms with van der Waals surface area (Å²) in [5, 5.41) is -0.283.